The van der Waals surface area contributed by atoms with Gasteiger partial charge in [0.05, 0.1) is 0 Å². The fraction of sp³-hybridized carbons (Fsp3) is 0.250. The van der Waals surface area contributed by atoms with E-state index >= 15 is 0 Å². The second kappa shape index (κ2) is 12.7. The number of aryl methyl sites for hydroxylation is 1. The molecule has 0 saturated carbocycles. The minimum Gasteiger partial charge on any atom is 0.316 e. The third-order valence-corrected chi connectivity index (χ3v) is 1.66. The molecule has 0 heterocycles. The Morgan fingerprint density at radius 2 is 1.50 bits per heavy atom. The summed E-state index contributed by atoms with van der Waals surface area (Å²) in [7, 11) is 0. The van der Waals surface area contributed by atoms with E-state index in [0.717, 1.165) is 0 Å². The molecule has 0 nitrogen and oxygen atoms in total. The average molecular weight is 318 g/mol. The Kier molecular flexibility index (Phi) is 20.5. The molecule has 0 fully saturated rings. The molecule has 1 aromatic carbocycles. The fourth-order valence-corrected chi connectivity index (χ4v) is 1.26. The zero-order valence-corrected chi connectivity index (χ0v) is 11.2. The zero-order valence-electron chi connectivity index (χ0n) is 6.32. The van der Waals surface area contributed by atoms with Crippen molar-refractivity contribution in [3.8, 4) is 0 Å². The normalized spacial score (nSPS) is 7.17. The number of hydrogen-bond donors (Lipinski definition) is 0. The van der Waals surface area contributed by atoms with Gasteiger partial charge in [-0.3, -0.25) is 0 Å². The van der Waals surface area contributed by atoms with Crippen LogP contribution in [0.25, 0.3) is 0 Å². The smallest absolute Gasteiger partial charge is 0.316 e. The molecule has 0 N–H and O–H groups in total. The van der Waals surface area contributed by atoms with Crippen LogP contribution in [0, 0.1) is 0 Å². The van der Waals surface area contributed by atoms with Crippen LogP contribution in [0.2, 0.25) is 4.55 Å². The van der Waals surface area contributed by atoms with Crippen LogP contribution in [0.4, 0.5) is 0 Å². The average Bonchev–Trinajstić information content (AvgIpc) is 1.91. The summed E-state index contributed by atoms with van der Waals surface area (Å²) in [5.74, 6) is 0. The molecule has 0 unspecified atom stereocenters. The molecule has 0 aliphatic heterocycles. The maximum atomic E-state index is 2.17. The van der Waals surface area contributed by atoms with Crippen molar-refractivity contribution in [1.29, 1.82) is 0 Å². The van der Waals surface area contributed by atoms with Crippen LogP contribution in [-0.4, -0.2) is 44.8 Å². The standard InChI is InChI=1S/C8H9.2BrH.2Mg.2H/c1-2-8-6-4-3-5-7-8;;;;;;/h3-7H,1-2H2;2*1H;;;;/q;;;;+1;;. The number of hydrogen-bond acceptors (Lipinski definition) is 0. The van der Waals surface area contributed by atoms with E-state index in [1.807, 2.05) is 21.7 Å². The Hall–Kier alpha value is 1.71. The van der Waals surface area contributed by atoms with Gasteiger partial charge >= 0.3 is 91.6 Å². The maximum absolute atomic E-state index is 2.17. The third-order valence-electron chi connectivity index (χ3n) is 1.31. The summed E-state index contributed by atoms with van der Waals surface area (Å²) >= 11 is 2.03. The van der Waals surface area contributed by atoms with E-state index in [2.05, 4.69) is 30.3 Å². The summed E-state index contributed by atoms with van der Waals surface area (Å²) in [5, 5.41) is 0. The molecule has 0 aliphatic carbocycles. The van der Waals surface area contributed by atoms with Crippen molar-refractivity contribution < 1.29 is 0 Å². The van der Waals surface area contributed by atoms with Crippen LogP contribution in [0.3, 0.4) is 0 Å². The van der Waals surface area contributed by atoms with Crippen molar-refractivity contribution in [2.45, 2.75) is 11.0 Å². The summed E-state index contributed by atoms with van der Waals surface area (Å²) in [4.78, 5) is 0. The molecule has 1 aromatic rings. The van der Waals surface area contributed by atoms with Gasteiger partial charge in [0.25, 0.3) is 0 Å². The summed E-state index contributed by atoms with van der Waals surface area (Å²) in [6, 6.07) is 10.6. The molecule has 0 aliphatic rings. The molecule has 0 radical (unpaired) electrons. The fourth-order valence-electron chi connectivity index (χ4n) is 0.849. The molecule has 1 rings (SSSR count). The van der Waals surface area contributed by atoms with Gasteiger partial charge in [-0.15, -0.1) is 34.0 Å². The number of halogens is 2. The summed E-state index contributed by atoms with van der Waals surface area (Å²) in [5.41, 5.74) is 1.45. The first-order valence-corrected chi connectivity index (χ1v) is 4.26. The van der Waals surface area contributed by atoms with Crippen molar-refractivity contribution in [3.63, 3.8) is 0 Å². The minimum absolute atomic E-state index is 0. The maximum Gasteiger partial charge on any atom is 0.316 e. The van der Waals surface area contributed by atoms with Gasteiger partial charge in [0.15, 0.2) is 0 Å². The van der Waals surface area contributed by atoms with Gasteiger partial charge in [-0.2, -0.15) is 0 Å². The predicted octanol–water partition coefficient (Wildman–Crippen LogP) is 2.06. The Labute approximate surface area is 124 Å². The number of rotatable bonds is 2. The topological polar surface area (TPSA) is 0 Å². The van der Waals surface area contributed by atoms with Gasteiger partial charge < -0.3 is 0 Å². The Morgan fingerprint density at radius 3 is 1.92 bits per heavy atom. The second-order valence-corrected chi connectivity index (χ2v) is 2.80. The van der Waals surface area contributed by atoms with Crippen LogP contribution in [-0.2, 0) is 6.42 Å². The number of benzene rings is 1. The van der Waals surface area contributed by atoms with Gasteiger partial charge in [-0.25, -0.2) is 0 Å². The van der Waals surface area contributed by atoms with Crippen LogP contribution in [0.15, 0.2) is 30.3 Å². The van der Waals surface area contributed by atoms with Gasteiger partial charge in [0, 0.05) is 0 Å². The monoisotopic (exact) mass is 315 g/mol. The van der Waals surface area contributed by atoms with Crippen molar-refractivity contribution in [3.05, 3.63) is 35.9 Å². The van der Waals surface area contributed by atoms with Gasteiger partial charge in [-0.1, -0.05) is 0 Å². The quantitative estimate of drug-likeness (QED) is 0.733. The van der Waals surface area contributed by atoms with E-state index in [0.29, 0.717) is 0 Å². The van der Waals surface area contributed by atoms with E-state index in [9.17, 15) is 0 Å². The SMILES string of the molecule is Br.Br.[Mg+][CH2]Cc1ccccc1.[MgH2]. The van der Waals surface area contributed by atoms with Gasteiger partial charge in [0.1, 0.15) is 0 Å². The molecule has 0 atom stereocenters. The summed E-state index contributed by atoms with van der Waals surface area (Å²) in [6.07, 6.45) is 1.22. The van der Waals surface area contributed by atoms with Crippen LogP contribution in [0.1, 0.15) is 5.56 Å². The first-order valence-electron chi connectivity index (χ1n) is 3.26. The first kappa shape index (κ1) is 19.3. The molecular formula is C8H13Br2Mg2+. The third kappa shape index (κ3) is 8.32. The largest absolute Gasteiger partial charge is 0.316 e. The Balaban J connectivity index is -0.000000270. The van der Waals surface area contributed by atoms with Gasteiger partial charge in [-0.05, 0) is 0 Å². The molecule has 0 bridgehead atoms. The molecule has 0 saturated heterocycles. The molecular weight excluding hydrogens is 305 g/mol. The molecule has 62 valence electrons. The molecule has 4 heteroatoms. The van der Waals surface area contributed by atoms with Crippen LogP contribution >= 0.6 is 34.0 Å². The Bertz CT molecular complexity index is 168. The van der Waals surface area contributed by atoms with Crippen LogP contribution < -0.4 is 0 Å². The van der Waals surface area contributed by atoms with E-state index in [4.69, 9.17) is 0 Å². The van der Waals surface area contributed by atoms with Crippen molar-refractivity contribution >= 4 is 78.7 Å². The molecule has 12 heavy (non-hydrogen) atoms. The van der Waals surface area contributed by atoms with Crippen molar-refractivity contribution in [2.24, 2.45) is 0 Å². The first-order chi connectivity index (χ1) is 4.43. The zero-order chi connectivity index (χ0) is 6.53. The summed E-state index contributed by atoms with van der Waals surface area (Å²) < 4.78 is 1.27. The van der Waals surface area contributed by atoms with E-state index in [1.165, 1.54) is 16.5 Å². The molecule has 0 amide bonds. The van der Waals surface area contributed by atoms with Crippen molar-refractivity contribution in [1.82, 2.24) is 0 Å². The van der Waals surface area contributed by atoms with Crippen molar-refractivity contribution in [2.75, 3.05) is 0 Å². The van der Waals surface area contributed by atoms with E-state index in [-0.39, 0.29) is 57.0 Å². The molecule has 0 spiro atoms. The summed E-state index contributed by atoms with van der Waals surface area (Å²) in [6.45, 7) is 0. The Morgan fingerprint density at radius 1 is 1.00 bits per heavy atom. The van der Waals surface area contributed by atoms with E-state index in [1.54, 1.807) is 0 Å². The van der Waals surface area contributed by atoms with Gasteiger partial charge in [0.2, 0.25) is 0 Å². The minimum atomic E-state index is 0. The second-order valence-electron chi connectivity index (χ2n) is 2.09. The van der Waals surface area contributed by atoms with Crippen LogP contribution in [0.5, 0.6) is 0 Å². The predicted molar refractivity (Wildman–Crippen MR) is 69.9 cm³/mol. The molecule has 0 aromatic heterocycles. The van der Waals surface area contributed by atoms with E-state index < -0.39 is 0 Å².